The highest BCUT2D eigenvalue weighted by Crippen LogP contribution is 2.41. The molecular weight excluding hydrogens is 304 g/mol. The van der Waals surface area contributed by atoms with E-state index < -0.39 is 0 Å². The maximum atomic E-state index is 6.30. The first-order valence-electron chi connectivity index (χ1n) is 8.86. The molecule has 3 aliphatic heterocycles. The van der Waals surface area contributed by atoms with Crippen LogP contribution in [-0.2, 0) is 12.8 Å². The molecule has 0 radical (unpaired) electrons. The summed E-state index contributed by atoms with van der Waals surface area (Å²) in [6, 6.07) is 6.18. The summed E-state index contributed by atoms with van der Waals surface area (Å²) >= 11 is 0. The van der Waals surface area contributed by atoms with Crippen molar-refractivity contribution < 1.29 is 14.0 Å². The molecule has 1 unspecified atom stereocenters. The molecular formula is C19H22N2O3. The highest BCUT2D eigenvalue weighted by molar-refractivity contribution is 5.72. The normalized spacial score (nSPS) is 27.5. The maximum absolute atomic E-state index is 6.30. The molecule has 0 amide bonds. The molecule has 4 aliphatic rings. The summed E-state index contributed by atoms with van der Waals surface area (Å²) in [4.78, 5) is 2.49. The lowest BCUT2D eigenvalue weighted by Crippen LogP contribution is -2.52. The Balaban J connectivity index is 1.45. The average Bonchev–Trinajstić information content (AvgIpc) is 3.05. The average molecular weight is 326 g/mol. The maximum Gasteiger partial charge on any atom is 0.315 e. The summed E-state index contributed by atoms with van der Waals surface area (Å²) in [5, 5.41) is 4.33. The first-order chi connectivity index (χ1) is 11.8. The Hall–Kier alpha value is -2.01. The third kappa shape index (κ3) is 2.22. The number of rotatable bonds is 3. The monoisotopic (exact) mass is 326 g/mol. The van der Waals surface area contributed by atoms with Crippen molar-refractivity contribution in [2.24, 2.45) is 5.92 Å². The molecule has 3 fully saturated rings. The molecule has 1 aromatic carbocycles. The summed E-state index contributed by atoms with van der Waals surface area (Å²) in [6.45, 7) is 3.45. The van der Waals surface area contributed by atoms with Crippen molar-refractivity contribution in [3.8, 4) is 23.0 Å². The zero-order valence-corrected chi connectivity index (χ0v) is 14.0. The van der Waals surface area contributed by atoms with Gasteiger partial charge in [-0.15, -0.1) is 0 Å². The summed E-state index contributed by atoms with van der Waals surface area (Å²) in [7, 11) is 1.69. The van der Waals surface area contributed by atoms with Gasteiger partial charge < -0.3 is 14.0 Å². The quantitative estimate of drug-likeness (QED) is 0.868. The number of ether oxygens (including phenoxy) is 2. The van der Waals surface area contributed by atoms with Crippen molar-refractivity contribution in [1.82, 2.24) is 10.1 Å². The lowest BCUT2D eigenvalue weighted by molar-refractivity contribution is -0.0216. The van der Waals surface area contributed by atoms with Crippen LogP contribution >= 0.6 is 0 Å². The Labute approximate surface area is 141 Å². The zero-order valence-electron chi connectivity index (χ0n) is 14.0. The van der Waals surface area contributed by atoms with Crippen molar-refractivity contribution in [3.05, 3.63) is 29.3 Å². The number of piperidine rings is 3. The standard InChI is InChI=1S/C19H22N2O3/c1-22-14-4-2-12-3-5-15-18(16(12)10-14)20-24-19(15)23-17-11-21-8-6-13(17)7-9-21/h2,4,10,13,17H,3,5-9,11H2,1H3. The van der Waals surface area contributed by atoms with Crippen molar-refractivity contribution in [2.75, 3.05) is 26.7 Å². The number of nitrogens with zero attached hydrogens (tertiary/aromatic N) is 2. The fraction of sp³-hybridized carbons (Fsp3) is 0.526. The lowest BCUT2D eigenvalue weighted by atomic mass is 9.85. The molecule has 1 aliphatic carbocycles. The molecule has 4 heterocycles. The van der Waals surface area contributed by atoms with Crippen molar-refractivity contribution in [2.45, 2.75) is 31.8 Å². The van der Waals surface area contributed by atoms with E-state index in [1.165, 1.54) is 31.5 Å². The second kappa shape index (κ2) is 5.52. The second-order valence-electron chi connectivity index (χ2n) is 7.11. The van der Waals surface area contributed by atoms with Crippen molar-refractivity contribution in [1.29, 1.82) is 0 Å². The minimum absolute atomic E-state index is 0.247. The molecule has 0 saturated carbocycles. The Morgan fingerprint density at radius 3 is 2.83 bits per heavy atom. The topological polar surface area (TPSA) is 47.7 Å². The molecule has 2 bridgehead atoms. The van der Waals surface area contributed by atoms with Crippen LogP contribution in [0.25, 0.3) is 11.3 Å². The summed E-state index contributed by atoms with van der Waals surface area (Å²) in [5.41, 5.74) is 4.45. The van der Waals surface area contributed by atoms with Gasteiger partial charge in [-0.25, -0.2) is 0 Å². The van der Waals surface area contributed by atoms with Crippen LogP contribution in [0.15, 0.2) is 22.7 Å². The summed E-state index contributed by atoms with van der Waals surface area (Å²) < 4.78 is 17.3. The minimum atomic E-state index is 0.247. The fourth-order valence-electron chi connectivity index (χ4n) is 4.38. The Morgan fingerprint density at radius 1 is 1.21 bits per heavy atom. The number of methoxy groups -OCH3 is 1. The van der Waals surface area contributed by atoms with Gasteiger partial charge in [-0.3, -0.25) is 4.90 Å². The van der Waals surface area contributed by atoms with Crippen LogP contribution in [0.2, 0.25) is 0 Å². The minimum Gasteiger partial charge on any atom is -0.497 e. The highest BCUT2D eigenvalue weighted by Gasteiger charge is 2.37. The van der Waals surface area contributed by atoms with Gasteiger partial charge in [-0.1, -0.05) is 11.2 Å². The van der Waals surface area contributed by atoms with E-state index in [0.29, 0.717) is 11.9 Å². The van der Waals surface area contributed by atoms with Crippen LogP contribution in [0, 0.1) is 5.92 Å². The molecule has 5 nitrogen and oxygen atoms in total. The van der Waals surface area contributed by atoms with Crippen LogP contribution in [0.5, 0.6) is 11.7 Å². The third-order valence-corrected chi connectivity index (χ3v) is 5.82. The molecule has 126 valence electrons. The van der Waals surface area contributed by atoms with Gasteiger partial charge in [0.2, 0.25) is 0 Å². The molecule has 24 heavy (non-hydrogen) atoms. The molecule has 1 atom stereocenters. The van der Waals surface area contributed by atoms with Gasteiger partial charge in [0.1, 0.15) is 17.5 Å². The van der Waals surface area contributed by atoms with E-state index in [0.717, 1.165) is 42.0 Å². The SMILES string of the molecule is COc1ccc2c(c1)-c1noc(OC3CN4CCC3CC4)c1CC2. The zero-order chi connectivity index (χ0) is 16.1. The van der Waals surface area contributed by atoms with E-state index in [2.05, 4.69) is 16.1 Å². The fourth-order valence-corrected chi connectivity index (χ4v) is 4.38. The van der Waals surface area contributed by atoms with Gasteiger partial charge in [-0.2, -0.15) is 0 Å². The van der Waals surface area contributed by atoms with Gasteiger partial charge in [0, 0.05) is 12.1 Å². The summed E-state index contributed by atoms with van der Waals surface area (Å²) in [6.07, 6.45) is 4.64. The van der Waals surface area contributed by atoms with Crippen LogP contribution in [0.4, 0.5) is 0 Å². The van der Waals surface area contributed by atoms with E-state index >= 15 is 0 Å². The molecule has 0 N–H and O–H groups in total. The number of aryl methyl sites for hydroxylation is 1. The predicted octanol–water partition coefficient (Wildman–Crippen LogP) is 2.92. The first-order valence-corrected chi connectivity index (χ1v) is 8.86. The molecule has 3 saturated heterocycles. The second-order valence-corrected chi connectivity index (χ2v) is 7.11. The van der Waals surface area contributed by atoms with Gasteiger partial charge in [0.15, 0.2) is 0 Å². The van der Waals surface area contributed by atoms with Gasteiger partial charge in [0.25, 0.3) is 0 Å². The first kappa shape index (κ1) is 14.3. The number of fused-ring (bicyclic) bond motifs is 6. The smallest absolute Gasteiger partial charge is 0.315 e. The Kier molecular flexibility index (Phi) is 3.30. The predicted molar refractivity (Wildman–Crippen MR) is 89.5 cm³/mol. The van der Waals surface area contributed by atoms with Crippen LogP contribution in [0.3, 0.4) is 0 Å². The van der Waals surface area contributed by atoms with E-state index in [1.54, 1.807) is 7.11 Å². The molecule has 2 aromatic rings. The number of benzene rings is 1. The third-order valence-electron chi connectivity index (χ3n) is 5.82. The largest absolute Gasteiger partial charge is 0.497 e. The van der Waals surface area contributed by atoms with Crippen LogP contribution < -0.4 is 9.47 Å². The highest BCUT2D eigenvalue weighted by atomic mass is 16.6. The molecule has 5 heteroatoms. The van der Waals surface area contributed by atoms with Gasteiger partial charge in [-0.05, 0) is 62.4 Å². The van der Waals surface area contributed by atoms with Crippen molar-refractivity contribution >= 4 is 0 Å². The number of hydrogen-bond acceptors (Lipinski definition) is 5. The van der Waals surface area contributed by atoms with Gasteiger partial charge in [0.05, 0.1) is 12.7 Å². The van der Waals surface area contributed by atoms with Crippen LogP contribution in [-0.4, -0.2) is 42.9 Å². The molecule has 0 spiro atoms. The van der Waals surface area contributed by atoms with E-state index in [1.807, 2.05) is 12.1 Å². The Bertz CT molecular complexity index is 762. The summed E-state index contributed by atoms with van der Waals surface area (Å²) in [5.74, 6) is 2.15. The Morgan fingerprint density at radius 2 is 2.08 bits per heavy atom. The van der Waals surface area contributed by atoms with E-state index in [4.69, 9.17) is 14.0 Å². The van der Waals surface area contributed by atoms with E-state index in [-0.39, 0.29) is 6.10 Å². The number of hydrogen-bond donors (Lipinski definition) is 0. The van der Waals surface area contributed by atoms with Crippen LogP contribution in [0.1, 0.15) is 24.0 Å². The van der Waals surface area contributed by atoms with Crippen molar-refractivity contribution in [3.63, 3.8) is 0 Å². The lowest BCUT2D eigenvalue weighted by Gasteiger charge is -2.43. The van der Waals surface area contributed by atoms with Gasteiger partial charge >= 0.3 is 5.95 Å². The number of aromatic nitrogens is 1. The molecule has 6 rings (SSSR count). The molecule has 1 aromatic heterocycles. The van der Waals surface area contributed by atoms with E-state index in [9.17, 15) is 0 Å².